The summed E-state index contributed by atoms with van der Waals surface area (Å²) in [6.45, 7) is 10.0. The first-order valence-corrected chi connectivity index (χ1v) is 9.49. The van der Waals surface area contributed by atoms with Gasteiger partial charge in [-0.3, -0.25) is 4.79 Å². The molecule has 1 heterocycles. The van der Waals surface area contributed by atoms with E-state index < -0.39 is 0 Å². The summed E-state index contributed by atoms with van der Waals surface area (Å²) in [7, 11) is 0. The fraction of sp³-hybridized carbons (Fsp3) is 0.591. The Kier molecular flexibility index (Phi) is 5.33. The number of ether oxygens (including phenoxy) is 1. The average Bonchev–Trinajstić information content (AvgIpc) is 2.56. The first-order valence-electron chi connectivity index (χ1n) is 9.49. The molecule has 3 heteroatoms. The highest BCUT2D eigenvalue weighted by Gasteiger charge is 2.35. The van der Waals surface area contributed by atoms with Crippen molar-refractivity contribution in [2.45, 2.75) is 53.4 Å². The van der Waals surface area contributed by atoms with Crippen LogP contribution in [0.15, 0.2) is 17.9 Å². The quantitative estimate of drug-likeness (QED) is 0.848. The van der Waals surface area contributed by atoms with Crippen LogP contribution < -0.4 is 0 Å². The zero-order chi connectivity index (χ0) is 18.1. The minimum atomic E-state index is 0.0997. The topological polar surface area (TPSA) is 46.5 Å². The molecule has 0 bridgehead atoms. The molecule has 0 amide bonds. The SMILES string of the molecule is Cc1cc(C)c(C2=C(O)CC(C(C)C3CCOCC3)CC2=O)c(C)c1. The number of Topliss-reactive ketones (excluding diaryl/α,β-unsaturated/α-hetero) is 1. The maximum atomic E-state index is 12.9. The van der Waals surface area contributed by atoms with Gasteiger partial charge in [-0.1, -0.05) is 24.6 Å². The van der Waals surface area contributed by atoms with Crippen LogP contribution in [0, 0.1) is 38.5 Å². The Morgan fingerprint density at radius 1 is 1.04 bits per heavy atom. The number of aryl methyl sites for hydroxylation is 3. The van der Waals surface area contributed by atoms with E-state index in [-0.39, 0.29) is 17.5 Å². The molecule has 1 aliphatic carbocycles. The first kappa shape index (κ1) is 18.2. The molecular weight excluding hydrogens is 312 g/mol. The number of allylic oxidation sites excluding steroid dienone is 2. The third-order valence-electron chi connectivity index (χ3n) is 6.15. The number of hydrogen-bond donors (Lipinski definition) is 1. The van der Waals surface area contributed by atoms with E-state index in [9.17, 15) is 9.90 Å². The highest BCUT2D eigenvalue weighted by atomic mass is 16.5. The van der Waals surface area contributed by atoms with Crippen LogP contribution in [0.1, 0.15) is 54.9 Å². The summed E-state index contributed by atoms with van der Waals surface area (Å²) in [5.41, 5.74) is 4.83. The normalized spacial score (nSPS) is 23.8. The number of carbonyl (C=O) groups excluding carboxylic acids is 1. The summed E-state index contributed by atoms with van der Waals surface area (Å²) in [4.78, 5) is 12.9. The molecule has 0 saturated carbocycles. The molecule has 1 N–H and O–H groups in total. The van der Waals surface area contributed by atoms with E-state index in [2.05, 4.69) is 26.0 Å². The van der Waals surface area contributed by atoms with Crippen LogP contribution in [0.3, 0.4) is 0 Å². The molecule has 2 atom stereocenters. The fourth-order valence-corrected chi connectivity index (χ4v) is 4.78. The van der Waals surface area contributed by atoms with Crippen molar-refractivity contribution in [2.24, 2.45) is 17.8 Å². The lowest BCUT2D eigenvalue weighted by Gasteiger charge is -2.35. The van der Waals surface area contributed by atoms with Crippen LogP contribution in [-0.4, -0.2) is 24.1 Å². The van der Waals surface area contributed by atoms with Gasteiger partial charge in [0, 0.05) is 26.1 Å². The molecular formula is C22H30O3. The van der Waals surface area contributed by atoms with Crippen molar-refractivity contribution in [3.8, 4) is 0 Å². The maximum Gasteiger partial charge on any atom is 0.167 e. The van der Waals surface area contributed by atoms with E-state index in [0.29, 0.717) is 30.3 Å². The van der Waals surface area contributed by atoms with Crippen molar-refractivity contribution in [1.82, 2.24) is 0 Å². The van der Waals surface area contributed by atoms with E-state index in [1.54, 1.807) is 0 Å². The molecule has 1 aliphatic heterocycles. The Morgan fingerprint density at radius 2 is 1.64 bits per heavy atom. The van der Waals surface area contributed by atoms with Crippen molar-refractivity contribution in [2.75, 3.05) is 13.2 Å². The van der Waals surface area contributed by atoms with E-state index in [1.165, 1.54) is 5.56 Å². The van der Waals surface area contributed by atoms with Crippen molar-refractivity contribution in [1.29, 1.82) is 0 Å². The van der Waals surface area contributed by atoms with Gasteiger partial charge < -0.3 is 9.84 Å². The van der Waals surface area contributed by atoms with Crippen LogP contribution in [-0.2, 0) is 9.53 Å². The number of rotatable bonds is 3. The van der Waals surface area contributed by atoms with Crippen LogP contribution in [0.25, 0.3) is 5.57 Å². The molecule has 25 heavy (non-hydrogen) atoms. The van der Waals surface area contributed by atoms with Gasteiger partial charge in [-0.25, -0.2) is 0 Å². The van der Waals surface area contributed by atoms with E-state index in [4.69, 9.17) is 4.74 Å². The molecule has 0 spiro atoms. The van der Waals surface area contributed by atoms with Gasteiger partial charge in [0.05, 0.1) is 5.57 Å². The first-order chi connectivity index (χ1) is 11.9. The molecule has 3 nitrogen and oxygen atoms in total. The molecule has 1 saturated heterocycles. The van der Waals surface area contributed by atoms with Crippen molar-refractivity contribution in [3.05, 3.63) is 40.1 Å². The molecule has 3 rings (SSSR count). The molecule has 1 fully saturated rings. The van der Waals surface area contributed by atoms with Crippen molar-refractivity contribution >= 4 is 11.4 Å². The zero-order valence-electron chi connectivity index (χ0n) is 15.9. The third-order valence-corrected chi connectivity index (χ3v) is 6.15. The minimum absolute atomic E-state index is 0.0997. The van der Waals surface area contributed by atoms with Gasteiger partial charge >= 0.3 is 0 Å². The second-order valence-corrected chi connectivity index (χ2v) is 8.00. The molecule has 2 unspecified atom stereocenters. The lowest BCUT2D eigenvalue weighted by molar-refractivity contribution is -0.116. The Balaban J connectivity index is 1.87. The second kappa shape index (κ2) is 7.33. The lowest BCUT2D eigenvalue weighted by Crippen LogP contribution is -2.31. The van der Waals surface area contributed by atoms with Gasteiger partial charge in [-0.05, 0) is 68.1 Å². The van der Waals surface area contributed by atoms with Gasteiger partial charge in [0.2, 0.25) is 0 Å². The smallest absolute Gasteiger partial charge is 0.167 e. The molecule has 2 aliphatic rings. The Labute approximate surface area is 151 Å². The van der Waals surface area contributed by atoms with Crippen LogP contribution in [0.5, 0.6) is 0 Å². The summed E-state index contributed by atoms with van der Waals surface area (Å²) >= 11 is 0. The van der Waals surface area contributed by atoms with E-state index in [0.717, 1.165) is 42.7 Å². The predicted molar refractivity (Wildman–Crippen MR) is 101 cm³/mol. The lowest BCUT2D eigenvalue weighted by atomic mass is 9.71. The summed E-state index contributed by atoms with van der Waals surface area (Å²) in [6, 6.07) is 4.18. The van der Waals surface area contributed by atoms with Gasteiger partial charge in [0.1, 0.15) is 5.76 Å². The Bertz CT molecular complexity index is 672. The molecule has 136 valence electrons. The fourth-order valence-electron chi connectivity index (χ4n) is 4.78. The Hall–Kier alpha value is -1.61. The summed E-state index contributed by atoms with van der Waals surface area (Å²) < 4.78 is 5.46. The van der Waals surface area contributed by atoms with Crippen LogP contribution in [0.4, 0.5) is 0 Å². The zero-order valence-corrected chi connectivity index (χ0v) is 15.9. The van der Waals surface area contributed by atoms with Crippen molar-refractivity contribution in [3.63, 3.8) is 0 Å². The Morgan fingerprint density at radius 3 is 2.20 bits per heavy atom. The molecule has 1 aromatic rings. The van der Waals surface area contributed by atoms with E-state index >= 15 is 0 Å². The number of benzene rings is 1. The molecule has 0 aromatic heterocycles. The number of ketones is 1. The highest BCUT2D eigenvalue weighted by molar-refractivity contribution is 6.22. The minimum Gasteiger partial charge on any atom is -0.512 e. The largest absolute Gasteiger partial charge is 0.512 e. The second-order valence-electron chi connectivity index (χ2n) is 8.00. The van der Waals surface area contributed by atoms with Crippen molar-refractivity contribution < 1.29 is 14.6 Å². The maximum absolute atomic E-state index is 12.9. The number of carbonyl (C=O) groups is 1. The van der Waals surface area contributed by atoms with Gasteiger partial charge in [-0.2, -0.15) is 0 Å². The van der Waals surface area contributed by atoms with Crippen LogP contribution in [0.2, 0.25) is 0 Å². The summed E-state index contributed by atoms with van der Waals surface area (Å²) in [6.07, 6.45) is 3.30. The monoisotopic (exact) mass is 342 g/mol. The number of aliphatic hydroxyl groups excluding tert-OH is 1. The summed E-state index contributed by atoms with van der Waals surface area (Å²) in [5.74, 6) is 1.67. The highest BCUT2D eigenvalue weighted by Crippen LogP contribution is 2.41. The average molecular weight is 342 g/mol. The molecule has 1 aromatic carbocycles. The standard InChI is InChI=1S/C22H30O3/c1-13-9-14(2)21(15(3)10-13)22-19(23)11-18(12-20(22)24)16(4)17-5-7-25-8-6-17/h9-10,16-18,23H,5-8,11-12H2,1-4H3. The molecule has 0 radical (unpaired) electrons. The third kappa shape index (κ3) is 3.67. The van der Waals surface area contributed by atoms with Gasteiger partial charge in [-0.15, -0.1) is 0 Å². The van der Waals surface area contributed by atoms with Gasteiger partial charge in [0.15, 0.2) is 5.78 Å². The summed E-state index contributed by atoms with van der Waals surface area (Å²) in [5, 5.41) is 10.8. The number of hydrogen-bond acceptors (Lipinski definition) is 3. The predicted octanol–water partition coefficient (Wildman–Crippen LogP) is 4.92. The van der Waals surface area contributed by atoms with Gasteiger partial charge in [0.25, 0.3) is 0 Å². The van der Waals surface area contributed by atoms with E-state index in [1.807, 2.05) is 13.8 Å². The van der Waals surface area contributed by atoms with Crippen LogP contribution >= 0.6 is 0 Å². The number of aliphatic hydroxyl groups is 1.